The van der Waals surface area contributed by atoms with Gasteiger partial charge < -0.3 is 5.32 Å². The van der Waals surface area contributed by atoms with E-state index in [0.717, 1.165) is 48.9 Å². The monoisotopic (exact) mass is 303 g/mol. The van der Waals surface area contributed by atoms with Gasteiger partial charge >= 0.3 is 0 Å². The summed E-state index contributed by atoms with van der Waals surface area (Å²) in [6.45, 7) is 6.79. The van der Waals surface area contributed by atoms with Crippen molar-refractivity contribution in [1.82, 2.24) is 15.1 Å². The number of aryl methyl sites for hydroxylation is 2. The summed E-state index contributed by atoms with van der Waals surface area (Å²) < 4.78 is 2.00. The van der Waals surface area contributed by atoms with Crippen LogP contribution in [-0.4, -0.2) is 21.7 Å². The standard InChI is InChI=1S/C14H23Cl2N3/c1-3-12-14(16)13(19(4-2)18-12)9-17-8-10-6-5-7-11(10)15/h10-11,17H,3-9H2,1-2H3. The first-order chi connectivity index (χ1) is 9.17. The molecule has 1 aromatic rings. The van der Waals surface area contributed by atoms with E-state index in [0.29, 0.717) is 11.3 Å². The summed E-state index contributed by atoms with van der Waals surface area (Å²) in [6, 6.07) is 0. The molecular formula is C14H23Cl2N3. The van der Waals surface area contributed by atoms with Crippen molar-refractivity contribution in [2.75, 3.05) is 6.54 Å². The van der Waals surface area contributed by atoms with Crippen molar-refractivity contribution in [2.24, 2.45) is 5.92 Å². The predicted molar refractivity (Wildman–Crippen MR) is 81.0 cm³/mol. The van der Waals surface area contributed by atoms with Gasteiger partial charge in [-0.3, -0.25) is 4.68 Å². The number of nitrogens with zero attached hydrogens (tertiary/aromatic N) is 2. The third-order valence-corrected chi connectivity index (χ3v) is 4.97. The molecule has 0 radical (unpaired) electrons. The fourth-order valence-electron chi connectivity index (χ4n) is 2.78. The van der Waals surface area contributed by atoms with Gasteiger partial charge in [0.1, 0.15) is 0 Å². The Labute approximate surface area is 125 Å². The average molecular weight is 304 g/mol. The van der Waals surface area contributed by atoms with Gasteiger partial charge in [0.15, 0.2) is 0 Å². The SMILES string of the molecule is CCc1nn(CC)c(CNCC2CCCC2Cl)c1Cl. The first-order valence-electron chi connectivity index (χ1n) is 7.26. The lowest BCUT2D eigenvalue weighted by Gasteiger charge is -2.15. The van der Waals surface area contributed by atoms with Crippen molar-refractivity contribution in [3.8, 4) is 0 Å². The molecule has 0 aliphatic heterocycles. The molecule has 1 aromatic heterocycles. The zero-order chi connectivity index (χ0) is 13.8. The van der Waals surface area contributed by atoms with E-state index in [9.17, 15) is 0 Å². The fraction of sp³-hybridized carbons (Fsp3) is 0.786. The van der Waals surface area contributed by atoms with Crippen LogP contribution in [0, 0.1) is 5.92 Å². The van der Waals surface area contributed by atoms with Crippen LogP contribution in [0.5, 0.6) is 0 Å². The van der Waals surface area contributed by atoms with Crippen LogP contribution in [0.2, 0.25) is 5.02 Å². The largest absolute Gasteiger partial charge is 0.311 e. The number of alkyl halides is 1. The maximum absolute atomic E-state index is 6.38. The number of hydrogen-bond donors (Lipinski definition) is 1. The van der Waals surface area contributed by atoms with E-state index in [-0.39, 0.29) is 0 Å². The molecule has 5 heteroatoms. The van der Waals surface area contributed by atoms with E-state index in [1.165, 1.54) is 12.8 Å². The minimum absolute atomic E-state index is 0.338. The molecule has 0 aromatic carbocycles. The molecule has 0 amide bonds. The van der Waals surface area contributed by atoms with Gasteiger partial charge in [-0.2, -0.15) is 5.10 Å². The highest BCUT2D eigenvalue weighted by molar-refractivity contribution is 6.31. The molecule has 2 rings (SSSR count). The second-order valence-electron chi connectivity index (χ2n) is 5.21. The van der Waals surface area contributed by atoms with E-state index < -0.39 is 0 Å². The molecule has 0 spiro atoms. The zero-order valence-corrected chi connectivity index (χ0v) is 13.3. The summed E-state index contributed by atoms with van der Waals surface area (Å²) in [4.78, 5) is 0. The predicted octanol–water partition coefficient (Wildman–Crippen LogP) is 3.62. The lowest BCUT2D eigenvalue weighted by molar-refractivity contribution is 0.481. The lowest BCUT2D eigenvalue weighted by atomic mass is 10.1. The van der Waals surface area contributed by atoms with Gasteiger partial charge in [0, 0.05) is 18.5 Å². The minimum atomic E-state index is 0.338. The molecule has 3 nitrogen and oxygen atoms in total. The van der Waals surface area contributed by atoms with E-state index in [4.69, 9.17) is 23.2 Å². The summed E-state index contributed by atoms with van der Waals surface area (Å²) in [7, 11) is 0. The Hall–Kier alpha value is -0.250. The molecule has 1 N–H and O–H groups in total. The molecule has 19 heavy (non-hydrogen) atoms. The fourth-order valence-corrected chi connectivity index (χ4v) is 3.49. The van der Waals surface area contributed by atoms with Gasteiger partial charge in [-0.15, -0.1) is 11.6 Å². The van der Waals surface area contributed by atoms with E-state index in [2.05, 4.69) is 24.3 Å². The van der Waals surface area contributed by atoms with Crippen LogP contribution in [0.25, 0.3) is 0 Å². The maximum atomic E-state index is 6.38. The Morgan fingerprint density at radius 2 is 2.16 bits per heavy atom. The van der Waals surface area contributed by atoms with Gasteiger partial charge in [-0.1, -0.05) is 24.9 Å². The Kier molecular flexibility index (Phi) is 5.55. The van der Waals surface area contributed by atoms with Gasteiger partial charge in [0.05, 0.1) is 16.4 Å². The second-order valence-corrected chi connectivity index (χ2v) is 6.15. The first-order valence-corrected chi connectivity index (χ1v) is 8.07. The Morgan fingerprint density at radius 3 is 2.74 bits per heavy atom. The second kappa shape index (κ2) is 6.96. The lowest BCUT2D eigenvalue weighted by Crippen LogP contribution is -2.26. The highest BCUT2D eigenvalue weighted by Gasteiger charge is 2.25. The molecular weight excluding hydrogens is 281 g/mol. The maximum Gasteiger partial charge on any atom is 0.0863 e. The molecule has 1 aliphatic rings. The number of rotatable bonds is 6. The number of aromatic nitrogens is 2. The van der Waals surface area contributed by atoms with Crippen LogP contribution in [0.1, 0.15) is 44.5 Å². The molecule has 0 saturated heterocycles. The summed E-state index contributed by atoms with van der Waals surface area (Å²) in [5, 5.41) is 9.19. The first kappa shape index (κ1) is 15.1. The Balaban J connectivity index is 1.93. The van der Waals surface area contributed by atoms with Crippen LogP contribution in [0.3, 0.4) is 0 Å². The number of nitrogens with one attached hydrogen (secondary N) is 1. The molecule has 2 unspecified atom stereocenters. The molecule has 108 valence electrons. The van der Waals surface area contributed by atoms with Crippen LogP contribution in [0.15, 0.2) is 0 Å². The Morgan fingerprint density at radius 1 is 1.37 bits per heavy atom. The zero-order valence-electron chi connectivity index (χ0n) is 11.8. The highest BCUT2D eigenvalue weighted by Crippen LogP contribution is 2.29. The molecule has 2 atom stereocenters. The van der Waals surface area contributed by atoms with Crippen LogP contribution in [0.4, 0.5) is 0 Å². The normalized spacial score (nSPS) is 23.2. The average Bonchev–Trinajstić information content (AvgIpc) is 2.95. The topological polar surface area (TPSA) is 29.9 Å². The molecule has 1 fully saturated rings. The van der Waals surface area contributed by atoms with Crippen molar-refractivity contribution < 1.29 is 0 Å². The Bertz CT molecular complexity index is 417. The van der Waals surface area contributed by atoms with Crippen LogP contribution in [-0.2, 0) is 19.5 Å². The summed E-state index contributed by atoms with van der Waals surface area (Å²) in [6.07, 6.45) is 4.53. The van der Waals surface area contributed by atoms with Gasteiger partial charge in [-0.05, 0) is 38.6 Å². The minimum Gasteiger partial charge on any atom is -0.311 e. The number of halogens is 2. The van der Waals surface area contributed by atoms with Gasteiger partial charge in [0.2, 0.25) is 0 Å². The van der Waals surface area contributed by atoms with Crippen molar-refractivity contribution >= 4 is 23.2 Å². The van der Waals surface area contributed by atoms with E-state index in [1.807, 2.05) is 4.68 Å². The summed E-state index contributed by atoms with van der Waals surface area (Å²) in [5.74, 6) is 0.601. The summed E-state index contributed by atoms with van der Waals surface area (Å²) in [5.41, 5.74) is 2.10. The van der Waals surface area contributed by atoms with Crippen LogP contribution >= 0.6 is 23.2 Å². The number of hydrogen-bond acceptors (Lipinski definition) is 2. The quantitative estimate of drug-likeness (QED) is 0.814. The van der Waals surface area contributed by atoms with Crippen molar-refractivity contribution in [2.45, 2.75) is 58.0 Å². The van der Waals surface area contributed by atoms with Gasteiger partial charge in [-0.25, -0.2) is 0 Å². The molecule has 1 saturated carbocycles. The van der Waals surface area contributed by atoms with Crippen LogP contribution < -0.4 is 5.32 Å². The third-order valence-electron chi connectivity index (χ3n) is 3.96. The highest BCUT2D eigenvalue weighted by atomic mass is 35.5. The van der Waals surface area contributed by atoms with Crippen molar-refractivity contribution in [3.63, 3.8) is 0 Å². The summed E-state index contributed by atoms with van der Waals surface area (Å²) >= 11 is 12.7. The third kappa shape index (κ3) is 3.45. The molecule has 0 bridgehead atoms. The van der Waals surface area contributed by atoms with Gasteiger partial charge in [0.25, 0.3) is 0 Å². The smallest absolute Gasteiger partial charge is 0.0863 e. The van der Waals surface area contributed by atoms with E-state index >= 15 is 0 Å². The molecule has 1 heterocycles. The molecule has 1 aliphatic carbocycles. The van der Waals surface area contributed by atoms with Crippen molar-refractivity contribution in [1.29, 1.82) is 0 Å². The van der Waals surface area contributed by atoms with Crippen molar-refractivity contribution in [3.05, 3.63) is 16.4 Å². The van der Waals surface area contributed by atoms with E-state index in [1.54, 1.807) is 0 Å².